The van der Waals surface area contributed by atoms with E-state index < -0.39 is 0 Å². The highest BCUT2D eigenvalue weighted by Crippen LogP contribution is 2.30. The molecule has 3 heterocycles. The van der Waals surface area contributed by atoms with Gasteiger partial charge < -0.3 is 9.64 Å². The van der Waals surface area contributed by atoms with Gasteiger partial charge in [0.05, 0.1) is 23.7 Å². The van der Waals surface area contributed by atoms with Crippen LogP contribution in [0.4, 0.5) is 0 Å². The van der Waals surface area contributed by atoms with Gasteiger partial charge in [-0.1, -0.05) is 24.3 Å². The highest BCUT2D eigenvalue weighted by atomic mass is 16.5. The fourth-order valence-electron chi connectivity index (χ4n) is 4.44. The number of benzene rings is 2. The van der Waals surface area contributed by atoms with Gasteiger partial charge in [0.2, 0.25) is 0 Å². The number of ether oxygens (including phenoxy) is 1. The lowest BCUT2D eigenvalue weighted by Crippen LogP contribution is -2.42. The Bertz CT molecular complexity index is 1330. The summed E-state index contributed by atoms with van der Waals surface area (Å²) in [4.78, 5) is 32.2. The third-order valence-electron chi connectivity index (χ3n) is 6.05. The average Bonchev–Trinajstić information content (AvgIpc) is 3.43. The number of para-hydroxylation sites is 1. The molecule has 9 nitrogen and oxygen atoms in total. The maximum atomic E-state index is 13.6. The van der Waals surface area contributed by atoms with Crippen molar-refractivity contribution in [2.75, 3.05) is 19.7 Å². The van der Waals surface area contributed by atoms with Crippen molar-refractivity contribution in [2.24, 2.45) is 5.92 Å². The highest BCUT2D eigenvalue weighted by molar-refractivity contribution is 5.99. The van der Waals surface area contributed by atoms with Crippen LogP contribution in [0.15, 0.2) is 61.1 Å². The number of rotatable bonds is 5. The van der Waals surface area contributed by atoms with E-state index in [-0.39, 0.29) is 17.8 Å². The van der Waals surface area contributed by atoms with E-state index in [1.807, 2.05) is 42.5 Å². The molecule has 1 saturated heterocycles. The Labute approximate surface area is 196 Å². The second-order valence-electron chi connectivity index (χ2n) is 8.25. The Kier molecular flexibility index (Phi) is 5.99. The maximum Gasteiger partial charge on any atom is 0.310 e. The first-order valence-electron chi connectivity index (χ1n) is 11.3. The van der Waals surface area contributed by atoms with Crippen molar-refractivity contribution in [3.05, 3.63) is 66.6 Å². The summed E-state index contributed by atoms with van der Waals surface area (Å²) in [5, 5.41) is 12.5. The number of esters is 1. The number of nitrogens with zero attached hydrogens (tertiary/aromatic N) is 6. The minimum atomic E-state index is -0.304. The van der Waals surface area contributed by atoms with Gasteiger partial charge in [0, 0.05) is 35.8 Å². The second kappa shape index (κ2) is 9.38. The van der Waals surface area contributed by atoms with E-state index in [1.165, 1.54) is 11.0 Å². The first kappa shape index (κ1) is 21.7. The largest absolute Gasteiger partial charge is 0.466 e. The fourth-order valence-corrected chi connectivity index (χ4v) is 4.44. The summed E-state index contributed by atoms with van der Waals surface area (Å²) in [5.41, 5.74) is 3.75. The molecule has 2 aromatic carbocycles. The molecule has 0 radical (unpaired) electrons. The van der Waals surface area contributed by atoms with Gasteiger partial charge in [0.1, 0.15) is 6.33 Å². The monoisotopic (exact) mass is 456 g/mol. The Morgan fingerprint density at radius 1 is 1.15 bits per heavy atom. The lowest BCUT2D eigenvalue weighted by molar-refractivity contribution is -0.149. The van der Waals surface area contributed by atoms with Crippen molar-refractivity contribution >= 4 is 22.8 Å². The van der Waals surface area contributed by atoms with E-state index in [9.17, 15) is 9.59 Å². The Morgan fingerprint density at radius 3 is 2.85 bits per heavy atom. The summed E-state index contributed by atoms with van der Waals surface area (Å²) in [7, 11) is 0. The van der Waals surface area contributed by atoms with Crippen molar-refractivity contribution in [3.8, 4) is 16.8 Å². The number of hydrogen-bond donors (Lipinski definition) is 0. The second-order valence-corrected chi connectivity index (χ2v) is 8.25. The number of pyridine rings is 1. The van der Waals surface area contributed by atoms with E-state index in [0.29, 0.717) is 30.9 Å². The molecule has 34 heavy (non-hydrogen) atoms. The first-order valence-corrected chi connectivity index (χ1v) is 11.3. The Morgan fingerprint density at radius 2 is 2.03 bits per heavy atom. The van der Waals surface area contributed by atoms with Gasteiger partial charge in [-0.25, -0.2) is 4.68 Å². The van der Waals surface area contributed by atoms with Crippen LogP contribution in [-0.4, -0.2) is 61.7 Å². The predicted octanol–water partition coefficient (Wildman–Crippen LogP) is 3.29. The Balaban J connectivity index is 1.55. The van der Waals surface area contributed by atoms with Crippen molar-refractivity contribution in [1.82, 2.24) is 30.1 Å². The van der Waals surface area contributed by atoms with Crippen LogP contribution in [0, 0.1) is 5.92 Å². The smallest absolute Gasteiger partial charge is 0.310 e. The molecule has 0 spiro atoms. The lowest BCUT2D eigenvalue weighted by atomic mass is 9.96. The number of fused-ring (bicyclic) bond motifs is 1. The summed E-state index contributed by atoms with van der Waals surface area (Å²) >= 11 is 0. The summed E-state index contributed by atoms with van der Waals surface area (Å²) < 4.78 is 6.72. The zero-order valence-corrected chi connectivity index (χ0v) is 18.8. The molecule has 1 aliphatic rings. The molecule has 1 fully saturated rings. The molecular formula is C25H24N6O3. The Hall–Kier alpha value is -4.14. The summed E-state index contributed by atoms with van der Waals surface area (Å²) in [5.74, 6) is -0.689. The van der Waals surface area contributed by atoms with Crippen molar-refractivity contribution in [3.63, 3.8) is 0 Å². The van der Waals surface area contributed by atoms with Gasteiger partial charge >= 0.3 is 5.97 Å². The van der Waals surface area contributed by atoms with Gasteiger partial charge in [-0.05, 0) is 60.0 Å². The molecule has 0 N–H and O–H groups in total. The first-order chi connectivity index (χ1) is 16.6. The topological polar surface area (TPSA) is 103 Å². The molecule has 172 valence electrons. The van der Waals surface area contributed by atoms with Crippen molar-refractivity contribution in [2.45, 2.75) is 19.8 Å². The molecule has 2 aromatic heterocycles. The molecule has 0 aliphatic carbocycles. The van der Waals surface area contributed by atoms with Crippen LogP contribution in [0.3, 0.4) is 0 Å². The average molecular weight is 457 g/mol. The van der Waals surface area contributed by atoms with Gasteiger partial charge in [-0.15, -0.1) is 5.10 Å². The standard InChI is InChI=1S/C25H24N6O3/c1-2-34-25(33)18-8-5-11-30(15-18)24(32)20-12-19(13-21(14-20)31-16-27-28-29-31)22-9-3-6-17-7-4-10-26-23(17)22/h3-4,6-7,9-10,12-14,16,18H,2,5,8,11,15H2,1H3. The van der Waals surface area contributed by atoms with Gasteiger partial charge in [-0.3, -0.25) is 14.6 Å². The van der Waals surface area contributed by atoms with Crippen LogP contribution in [0.5, 0.6) is 0 Å². The third kappa shape index (κ3) is 4.24. The number of piperidine rings is 1. The van der Waals surface area contributed by atoms with Crippen LogP contribution >= 0.6 is 0 Å². The van der Waals surface area contributed by atoms with E-state index >= 15 is 0 Å². The summed E-state index contributed by atoms with van der Waals surface area (Å²) in [6.45, 7) is 3.06. The van der Waals surface area contributed by atoms with Crippen LogP contribution < -0.4 is 0 Å². The number of hydrogen-bond acceptors (Lipinski definition) is 7. The normalized spacial score (nSPS) is 15.9. The molecule has 1 aliphatic heterocycles. The number of aromatic nitrogens is 5. The molecule has 1 atom stereocenters. The number of carbonyl (C=O) groups excluding carboxylic acids is 2. The fraction of sp³-hybridized carbons (Fsp3) is 0.280. The minimum Gasteiger partial charge on any atom is -0.466 e. The molecule has 9 heteroatoms. The van der Waals surface area contributed by atoms with E-state index in [4.69, 9.17) is 4.74 Å². The van der Waals surface area contributed by atoms with Gasteiger partial charge in [0.25, 0.3) is 5.91 Å². The summed E-state index contributed by atoms with van der Waals surface area (Å²) in [6.07, 6.45) is 4.72. The van der Waals surface area contributed by atoms with Gasteiger partial charge in [-0.2, -0.15) is 0 Å². The van der Waals surface area contributed by atoms with Crippen LogP contribution in [-0.2, 0) is 9.53 Å². The minimum absolute atomic E-state index is 0.140. The summed E-state index contributed by atoms with van der Waals surface area (Å²) in [6, 6.07) is 15.4. The molecule has 0 saturated carbocycles. The van der Waals surface area contributed by atoms with Crippen molar-refractivity contribution in [1.29, 1.82) is 0 Å². The molecule has 4 aromatic rings. The molecule has 1 amide bonds. The zero-order valence-electron chi connectivity index (χ0n) is 18.8. The van der Waals surface area contributed by atoms with Gasteiger partial charge in [0.15, 0.2) is 0 Å². The quantitative estimate of drug-likeness (QED) is 0.425. The van der Waals surface area contributed by atoms with Crippen molar-refractivity contribution < 1.29 is 14.3 Å². The maximum absolute atomic E-state index is 13.6. The van der Waals surface area contributed by atoms with Crippen LogP contribution in [0.1, 0.15) is 30.1 Å². The SMILES string of the molecule is CCOC(=O)C1CCCN(C(=O)c2cc(-c3cccc4cccnc34)cc(-n3cnnn3)c2)C1. The van der Waals surface area contributed by atoms with E-state index in [2.05, 4.69) is 20.5 Å². The lowest BCUT2D eigenvalue weighted by Gasteiger charge is -2.31. The van der Waals surface area contributed by atoms with Crippen LogP contribution in [0.25, 0.3) is 27.7 Å². The number of carbonyl (C=O) groups is 2. The highest BCUT2D eigenvalue weighted by Gasteiger charge is 2.30. The number of tetrazole rings is 1. The van der Waals surface area contributed by atoms with E-state index in [1.54, 1.807) is 24.1 Å². The third-order valence-corrected chi connectivity index (χ3v) is 6.05. The molecule has 0 bridgehead atoms. The molecule has 1 unspecified atom stereocenters. The van der Waals surface area contributed by atoms with E-state index in [0.717, 1.165) is 34.9 Å². The zero-order chi connectivity index (χ0) is 23.5. The van der Waals surface area contributed by atoms with Crippen LogP contribution in [0.2, 0.25) is 0 Å². The number of likely N-dealkylation sites (tertiary alicyclic amines) is 1. The predicted molar refractivity (Wildman–Crippen MR) is 125 cm³/mol. The molecular weight excluding hydrogens is 432 g/mol. The number of amides is 1. The molecule has 5 rings (SSSR count).